The molecule has 11 heteroatoms. The van der Waals surface area contributed by atoms with E-state index in [9.17, 15) is 9.59 Å². The number of hydrogen-bond acceptors (Lipinski definition) is 8. The quantitative estimate of drug-likeness (QED) is 0.343. The van der Waals surface area contributed by atoms with Crippen LogP contribution < -0.4 is 4.31 Å². The van der Waals surface area contributed by atoms with Crippen LogP contribution in [-0.2, 0) is 14.3 Å². The van der Waals surface area contributed by atoms with E-state index >= 15 is 0 Å². The average molecular weight is 457 g/mol. The Bertz CT molecular complexity index is 1150. The molecule has 3 aromatic rings. The maximum Gasteiger partial charge on any atom is 0.418 e. The van der Waals surface area contributed by atoms with Gasteiger partial charge < -0.3 is 19.3 Å². The average Bonchev–Trinajstić information content (AvgIpc) is 3.45. The summed E-state index contributed by atoms with van der Waals surface area (Å²) in [6.45, 7) is 0.618. The predicted octanol–water partition coefficient (Wildman–Crippen LogP) is 2.77. The van der Waals surface area contributed by atoms with Crippen LogP contribution in [0.15, 0.2) is 55.0 Å². The third kappa shape index (κ3) is 4.89. The molecule has 1 fully saturated rings. The van der Waals surface area contributed by atoms with Crippen LogP contribution in [0.4, 0.5) is 10.5 Å². The van der Waals surface area contributed by atoms with E-state index in [1.165, 1.54) is 11.7 Å². The first-order chi connectivity index (χ1) is 15.3. The minimum atomic E-state index is -1.82. The fraction of sp³-hybridized carbons (Fsp3) is 0.190. The van der Waals surface area contributed by atoms with Crippen molar-refractivity contribution in [3.8, 4) is 0 Å². The first-order valence-corrected chi connectivity index (χ1v) is 10.3. The number of aliphatic carboxylic acids is 2. The third-order valence-electron chi connectivity index (χ3n) is 4.65. The van der Waals surface area contributed by atoms with E-state index in [-0.39, 0.29) is 11.7 Å². The molecule has 0 spiro atoms. The zero-order valence-electron chi connectivity index (χ0n) is 16.9. The molecule has 0 amide bonds. The van der Waals surface area contributed by atoms with Gasteiger partial charge in [-0.05, 0) is 30.1 Å². The van der Waals surface area contributed by atoms with E-state index in [0.717, 1.165) is 11.1 Å². The molecule has 4 rings (SSSR count). The van der Waals surface area contributed by atoms with Crippen LogP contribution in [0.1, 0.15) is 10.4 Å². The lowest BCUT2D eigenvalue weighted by Crippen LogP contribution is -2.22. The number of ether oxygens (including phenoxy) is 1. The van der Waals surface area contributed by atoms with E-state index in [1.807, 2.05) is 36.4 Å². The van der Waals surface area contributed by atoms with E-state index in [1.54, 1.807) is 30.5 Å². The molecule has 0 aliphatic carbocycles. The summed E-state index contributed by atoms with van der Waals surface area (Å²) >= 11 is 1.62. The second-order valence-electron chi connectivity index (χ2n) is 6.64. The van der Waals surface area contributed by atoms with Gasteiger partial charge >= 0.3 is 18.0 Å². The molecule has 0 saturated carbocycles. The molecule has 2 N–H and O–H groups in total. The SMILES string of the molecule is COC(=O)n1cc(C(=O)C2CSN(c3cccnc3)C2)c2ccccc21.O=C(O)C(=O)O. The Labute approximate surface area is 186 Å². The van der Waals surface area contributed by atoms with Gasteiger partial charge in [0.2, 0.25) is 0 Å². The van der Waals surface area contributed by atoms with Gasteiger partial charge in [-0.2, -0.15) is 0 Å². The van der Waals surface area contributed by atoms with E-state index in [4.69, 9.17) is 24.5 Å². The Hall–Kier alpha value is -3.86. The van der Waals surface area contributed by atoms with Crippen LogP contribution in [0, 0.1) is 5.92 Å². The van der Waals surface area contributed by atoms with E-state index in [0.29, 0.717) is 23.4 Å². The Morgan fingerprint density at radius 1 is 1.09 bits per heavy atom. The Balaban J connectivity index is 0.000000427. The monoisotopic (exact) mass is 457 g/mol. The summed E-state index contributed by atoms with van der Waals surface area (Å²) in [6.07, 6.45) is 4.62. The number of carboxylic acid groups (broad SMARTS) is 2. The minimum Gasteiger partial charge on any atom is -0.473 e. The number of benzene rings is 1. The van der Waals surface area contributed by atoms with Crippen molar-refractivity contribution in [2.75, 3.05) is 23.7 Å². The highest BCUT2D eigenvalue weighted by Gasteiger charge is 2.32. The molecular formula is C21H19N3O7S. The molecule has 1 aliphatic rings. The maximum absolute atomic E-state index is 13.1. The summed E-state index contributed by atoms with van der Waals surface area (Å²) < 4.78 is 8.32. The summed E-state index contributed by atoms with van der Waals surface area (Å²) in [4.78, 5) is 47.5. The van der Waals surface area contributed by atoms with Crippen molar-refractivity contribution in [2.24, 2.45) is 5.92 Å². The van der Waals surface area contributed by atoms with Crippen LogP contribution in [0.3, 0.4) is 0 Å². The van der Waals surface area contributed by atoms with Crippen molar-refractivity contribution in [2.45, 2.75) is 0 Å². The zero-order valence-corrected chi connectivity index (χ0v) is 17.7. The number of Topliss-reactive ketones (excluding diaryl/α,β-unsaturated/α-hetero) is 1. The molecule has 1 aliphatic heterocycles. The number of carbonyl (C=O) groups excluding carboxylic acids is 2. The number of nitrogens with zero attached hydrogens (tertiary/aromatic N) is 3. The molecule has 0 radical (unpaired) electrons. The van der Waals surface area contributed by atoms with Crippen molar-refractivity contribution in [1.29, 1.82) is 0 Å². The number of aromatic nitrogens is 2. The number of rotatable bonds is 3. The van der Waals surface area contributed by atoms with Gasteiger partial charge in [-0.1, -0.05) is 18.2 Å². The first-order valence-electron chi connectivity index (χ1n) is 9.32. The molecule has 1 saturated heterocycles. The number of methoxy groups -OCH3 is 1. The number of anilines is 1. The molecule has 2 aromatic heterocycles. The highest BCUT2D eigenvalue weighted by atomic mass is 32.2. The molecule has 1 atom stereocenters. The fourth-order valence-electron chi connectivity index (χ4n) is 3.17. The van der Waals surface area contributed by atoms with Gasteiger partial charge in [-0.25, -0.2) is 14.4 Å². The van der Waals surface area contributed by atoms with Gasteiger partial charge in [-0.3, -0.25) is 14.3 Å². The summed E-state index contributed by atoms with van der Waals surface area (Å²) in [6, 6.07) is 11.3. The largest absolute Gasteiger partial charge is 0.473 e. The normalized spacial score (nSPS) is 15.0. The van der Waals surface area contributed by atoms with Crippen molar-refractivity contribution in [1.82, 2.24) is 9.55 Å². The van der Waals surface area contributed by atoms with Crippen LogP contribution in [-0.4, -0.2) is 63.0 Å². The Kier molecular flexibility index (Phi) is 7.11. The topological polar surface area (TPSA) is 139 Å². The number of hydrogen-bond donors (Lipinski definition) is 2. The van der Waals surface area contributed by atoms with Crippen LogP contribution in [0.25, 0.3) is 10.9 Å². The third-order valence-corrected chi connectivity index (χ3v) is 5.88. The van der Waals surface area contributed by atoms with Crippen LogP contribution >= 0.6 is 11.9 Å². The van der Waals surface area contributed by atoms with Gasteiger partial charge in [-0.15, -0.1) is 0 Å². The van der Waals surface area contributed by atoms with Gasteiger partial charge in [0.1, 0.15) is 0 Å². The number of carboxylic acids is 2. The van der Waals surface area contributed by atoms with Gasteiger partial charge in [0.05, 0.1) is 30.4 Å². The summed E-state index contributed by atoms with van der Waals surface area (Å²) in [5, 5.41) is 15.6. The van der Waals surface area contributed by atoms with Crippen molar-refractivity contribution in [3.05, 3.63) is 60.6 Å². The van der Waals surface area contributed by atoms with Crippen molar-refractivity contribution in [3.63, 3.8) is 0 Å². The van der Waals surface area contributed by atoms with Crippen LogP contribution in [0.2, 0.25) is 0 Å². The Morgan fingerprint density at radius 3 is 2.44 bits per heavy atom. The van der Waals surface area contributed by atoms with Crippen molar-refractivity contribution < 1.29 is 34.1 Å². The number of pyridine rings is 1. The lowest BCUT2D eigenvalue weighted by molar-refractivity contribution is -0.159. The Morgan fingerprint density at radius 2 is 1.81 bits per heavy atom. The van der Waals surface area contributed by atoms with Gasteiger partial charge in [0, 0.05) is 35.6 Å². The minimum absolute atomic E-state index is 0.0442. The van der Waals surface area contributed by atoms with E-state index in [2.05, 4.69) is 9.29 Å². The van der Waals surface area contributed by atoms with E-state index < -0.39 is 18.0 Å². The smallest absolute Gasteiger partial charge is 0.418 e. The highest BCUT2D eigenvalue weighted by Crippen LogP contribution is 2.34. The predicted molar refractivity (Wildman–Crippen MR) is 117 cm³/mol. The number of carbonyl (C=O) groups is 4. The lowest BCUT2D eigenvalue weighted by Gasteiger charge is -2.15. The molecule has 0 bridgehead atoms. The number of ketones is 1. The molecule has 32 heavy (non-hydrogen) atoms. The lowest BCUT2D eigenvalue weighted by atomic mass is 9.98. The number of para-hydroxylation sites is 1. The van der Waals surface area contributed by atoms with Gasteiger partial charge in [0.15, 0.2) is 5.78 Å². The first kappa shape index (κ1) is 22.8. The molecule has 3 heterocycles. The molecule has 10 nitrogen and oxygen atoms in total. The second kappa shape index (κ2) is 9.96. The fourth-order valence-corrected chi connectivity index (χ4v) is 4.33. The number of fused-ring (bicyclic) bond motifs is 1. The zero-order chi connectivity index (χ0) is 23.3. The molecule has 166 valence electrons. The second-order valence-corrected chi connectivity index (χ2v) is 7.67. The molecular weight excluding hydrogens is 438 g/mol. The van der Waals surface area contributed by atoms with Crippen molar-refractivity contribution >= 4 is 52.4 Å². The maximum atomic E-state index is 13.1. The van der Waals surface area contributed by atoms with Gasteiger partial charge in [0.25, 0.3) is 0 Å². The standard InChI is InChI=1S/C19H17N3O3S.C2H2O4/c1-25-19(24)21-11-16(15-6-2-3-7-17(15)21)18(23)13-10-22(26-12-13)14-5-4-8-20-9-14;3-1(4)2(5)6/h2-9,11,13H,10,12H2,1H3;(H,3,4)(H,5,6). The molecule has 1 aromatic carbocycles. The summed E-state index contributed by atoms with van der Waals surface area (Å²) in [5.41, 5.74) is 2.23. The highest BCUT2D eigenvalue weighted by molar-refractivity contribution is 8.00. The van der Waals surface area contributed by atoms with Crippen LogP contribution in [0.5, 0.6) is 0 Å². The summed E-state index contributed by atoms with van der Waals surface area (Å²) in [7, 11) is 1.33. The molecule has 1 unspecified atom stereocenters. The summed E-state index contributed by atoms with van der Waals surface area (Å²) in [5.74, 6) is -3.05.